The number of anilines is 1. The molecular formula is C45H57ClN6O6. The first-order chi connectivity index (χ1) is 27.7. The van der Waals surface area contributed by atoms with Gasteiger partial charge in [-0.2, -0.15) is 0 Å². The molecular weight excluding hydrogens is 756 g/mol. The monoisotopic (exact) mass is 812 g/mol. The highest BCUT2D eigenvalue weighted by atomic mass is 35.5. The predicted octanol–water partition coefficient (Wildman–Crippen LogP) is 7.75. The third-order valence-corrected chi connectivity index (χ3v) is 12.2. The number of β-amino-alcohol motifs (C(OH)–C–C–N with tert-alkyl or cyclic N) is 1. The summed E-state index contributed by atoms with van der Waals surface area (Å²) in [5.74, 6) is 2.10. The van der Waals surface area contributed by atoms with Crippen LogP contribution in [0.3, 0.4) is 0 Å². The van der Waals surface area contributed by atoms with Gasteiger partial charge in [-0.25, -0.2) is 14.6 Å². The number of hydrogen-bond acceptors (Lipinski definition) is 8. The topological polar surface area (TPSA) is 153 Å². The van der Waals surface area contributed by atoms with Crippen molar-refractivity contribution in [2.75, 3.05) is 32.6 Å². The zero-order valence-electron chi connectivity index (χ0n) is 34.9. The summed E-state index contributed by atoms with van der Waals surface area (Å²) >= 11 is 7.04. The minimum atomic E-state index is -0.818. The summed E-state index contributed by atoms with van der Waals surface area (Å²) in [6.45, 7) is 13.1. The predicted molar refractivity (Wildman–Crippen MR) is 228 cm³/mol. The summed E-state index contributed by atoms with van der Waals surface area (Å²) in [5.41, 5.74) is 6.56. The molecule has 4 amide bonds. The van der Waals surface area contributed by atoms with Crippen molar-refractivity contribution in [1.82, 2.24) is 25.4 Å². The molecule has 4 atom stereocenters. The van der Waals surface area contributed by atoms with E-state index in [1.165, 1.54) is 36.6 Å². The number of aliphatic hydroxyl groups excluding tert-OH is 1. The number of urea groups is 1. The lowest BCUT2D eigenvalue weighted by atomic mass is 9.83. The summed E-state index contributed by atoms with van der Waals surface area (Å²) in [5, 5.41) is 19.1. The average Bonchev–Trinajstić information content (AvgIpc) is 3.59. The fourth-order valence-corrected chi connectivity index (χ4v) is 8.21. The van der Waals surface area contributed by atoms with Gasteiger partial charge in [-0.15, -0.1) is 0 Å². The molecule has 2 aliphatic heterocycles. The first-order valence-corrected chi connectivity index (χ1v) is 20.6. The molecule has 0 spiro atoms. The van der Waals surface area contributed by atoms with Gasteiger partial charge in [-0.1, -0.05) is 76.0 Å². The molecule has 12 nitrogen and oxygen atoms in total. The van der Waals surface area contributed by atoms with Gasteiger partial charge in [0.2, 0.25) is 11.7 Å². The number of ether oxygens (including phenoxy) is 1. The fraction of sp³-hybridized carbons (Fsp3) is 0.467. The van der Waals surface area contributed by atoms with Crippen LogP contribution < -0.4 is 20.7 Å². The molecule has 0 bridgehead atoms. The normalized spacial score (nSPS) is 19.8. The molecule has 0 radical (unpaired) electrons. The summed E-state index contributed by atoms with van der Waals surface area (Å²) in [7, 11) is 3.01. The molecule has 58 heavy (non-hydrogen) atoms. The minimum Gasteiger partial charge on any atom is -0.481 e. The molecule has 1 saturated heterocycles. The van der Waals surface area contributed by atoms with Gasteiger partial charge in [0.25, 0.3) is 11.8 Å². The van der Waals surface area contributed by atoms with E-state index in [0.29, 0.717) is 22.5 Å². The third-order valence-electron chi connectivity index (χ3n) is 11.8. The van der Waals surface area contributed by atoms with Crippen LogP contribution in [0.25, 0.3) is 22.4 Å². The van der Waals surface area contributed by atoms with Crippen LogP contribution in [0, 0.1) is 12.8 Å². The smallest absolute Gasteiger partial charge is 0.315 e. The van der Waals surface area contributed by atoms with E-state index in [9.17, 15) is 24.3 Å². The Balaban J connectivity index is 0.000000360. The summed E-state index contributed by atoms with van der Waals surface area (Å²) < 4.78 is 5.66. The number of benzene rings is 2. The number of halogens is 1. The van der Waals surface area contributed by atoms with E-state index < -0.39 is 17.9 Å². The SMILES string of the molecule is CCC(C)CCC1(CC)CCNC(=O)N1.COc1nc(-c2cccc(-c3cccc(NC(=O)C4=CN(CC(C)O)C(=C=O)N(C)C4=O)c3C)c2Cl)cc2c1C(C)CC2. The number of nitrogens with one attached hydrogen (secondary N) is 3. The van der Waals surface area contributed by atoms with Crippen molar-refractivity contribution in [2.45, 2.75) is 104 Å². The molecule has 4 N–H and O–H groups in total. The summed E-state index contributed by atoms with van der Waals surface area (Å²) in [4.78, 5) is 56.3. The largest absolute Gasteiger partial charge is 0.481 e. The molecule has 3 heterocycles. The number of nitrogens with zero attached hydrogens (tertiary/aromatic N) is 3. The van der Waals surface area contributed by atoms with E-state index in [1.807, 2.05) is 31.2 Å². The minimum absolute atomic E-state index is 0.00625. The maximum atomic E-state index is 13.4. The highest BCUT2D eigenvalue weighted by Gasteiger charge is 2.34. The van der Waals surface area contributed by atoms with Gasteiger partial charge in [0.05, 0.1) is 30.5 Å². The van der Waals surface area contributed by atoms with E-state index in [0.717, 1.165) is 83.0 Å². The van der Waals surface area contributed by atoms with Gasteiger partial charge >= 0.3 is 6.03 Å². The second-order valence-electron chi connectivity index (χ2n) is 15.8. The van der Waals surface area contributed by atoms with Gasteiger partial charge in [0, 0.05) is 47.7 Å². The molecule has 4 unspecified atom stereocenters. The molecule has 13 heteroatoms. The average molecular weight is 813 g/mol. The van der Waals surface area contributed by atoms with Crippen LogP contribution in [0.15, 0.2) is 60.1 Å². The van der Waals surface area contributed by atoms with Gasteiger partial charge in [0.15, 0.2) is 5.94 Å². The summed E-state index contributed by atoms with van der Waals surface area (Å²) in [6.07, 6.45) is 8.11. The van der Waals surface area contributed by atoms with Crippen LogP contribution in [0.4, 0.5) is 10.5 Å². The zero-order chi connectivity index (χ0) is 42.3. The second kappa shape index (κ2) is 19.1. The molecule has 310 valence electrons. The van der Waals surface area contributed by atoms with Crippen molar-refractivity contribution in [2.24, 2.45) is 5.92 Å². The van der Waals surface area contributed by atoms with Crippen LogP contribution in [-0.4, -0.2) is 82.6 Å². The maximum Gasteiger partial charge on any atom is 0.315 e. The molecule has 3 aliphatic rings. The zero-order valence-corrected chi connectivity index (χ0v) is 35.7. The van der Waals surface area contributed by atoms with Crippen molar-refractivity contribution in [3.8, 4) is 28.3 Å². The Bertz CT molecular complexity index is 2110. The number of pyridine rings is 1. The van der Waals surface area contributed by atoms with Crippen LogP contribution in [0.1, 0.15) is 95.8 Å². The lowest BCUT2D eigenvalue weighted by Crippen LogP contribution is -2.58. The molecule has 1 fully saturated rings. The standard InChI is InChI=1S/C33H33ClN4O5.C12H24N2O/c1-18-12-13-21-14-27(36-32(43-5)29(18)21)24-10-6-9-23(30(24)34)22-8-7-11-26(20(22)3)35-31(41)25-16-38(15-19(2)40)28(17-39)37(4)33(25)42;1-4-10(3)6-7-12(5-2)8-9-13-11(15)14-12/h6-11,14,16,18-19,40H,12-13,15H2,1-5H3,(H,35,41);10H,4-9H2,1-3H3,(H2,13,14,15). The Morgan fingerprint density at radius 2 is 1.86 bits per heavy atom. The third kappa shape index (κ3) is 9.58. The van der Waals surface area contributed by atoms with Crippen LogP contribution >= 0.6 is 11.6 Å². The summed E-state index contributed by atoms with van der Waals surface area (Å²) in [6, 6.07) is 13.3. The van der Waals surface area contributed by atoms with E-state index in [4.69, 9.17) is 21.3 Å². The Morgan fingerprint density at radius 1 is 1.16 bits per heavy atom. The Labute approximate surface area is 347 Å². The number of methoxy groups -OCH3 is 1. The Kier molecular flexibility index (Phi) is 14.4. The highest BCUT2D eigenvalue weighted by molar-refractivity contribution is 6.36. The number of hydrogen-bond donors (Lipinski definition) is 4. The van der Waals surface area contributed by atoms with Gasteiger partial charge in [0.1, 0.15) is 5.57 Å². The fourth-order valence-electron chi connectivity index (χ4n) is 7.88. The van der Waals surface area contributed by atoms with E-state index in [-0.39, 0.29) is 29.5 Å². The van der Waals surface area contributed by atoms with Crippen LogP contribution in [0.5, 0.6) is 5.88 Å². The number of fused-ring (bicyclic) bond motifs is 1. The lowest BCUT2D eigenvalue weighted by Gasteiger charge is -2.38. The van der Waals surface area contributed by atoms with Crippen molar-refractivity contribution in [3.05, 3.63) is 81.8 Å². The van der Waals surface area contributed by atoms with Crippen molar-refractivity contribution >= 4 is 41.1 Å². The molecule has 1 aromatic heterocycles. The Morgan fingerprint density at radius 3 is 2.52 bits per heavy atom. The van der Waals surface area contributed by atoms with Gasteiger partial charge in [-0.05, 0) is 93.0 Å². The van der Waals surface area contributed by atoms with Gasteiger partial charge < -0.3 is 30.7 Å². The first-order valence-electron chi connectivity index (χ1n) is 20.2. The van der Waals surface area contributed by atoms with Gasteiger partial charge in [-0.3, -0.25) is 14.5 Å². The quantitative estimate of drug-likeness (QED) is 0.107. The van der Waals surface area contributed by atoms with E-state index in [2.05, 4.69) is 49.7 Å². The number of aliphatic hydroxyl groups is 1. The number of aromatic nitrogens is 1. The number of amides is 4. The van der Waals surface area contributed by atoms with Crippen molar-refractivity contribution < 1.29 is 29.0 Å². The molecule has 2 aromatic carbocycles. The molecule has 6 rings (SSSR count). The maximum absolute atomic E-state index is 13.4. The number of carbonyl (C=O) groups is 3. The van der Waals surface area contributed by atoms with E-state index >= 15 is 0 Å². The molecule has 1 aliphatic carbocycles. The first kappa shape index (κ1) is 44.0. The number of aryl methyl sites for hydroxylation is 1. The van der Waals surface area contributed by atoms with E-state index in [1.54, 1.807) is 32.1 Å². The van der Waals surface area contributed by atoms with Crippen LogP contribution in [0.2, 0.25) is 5.02 Å². The highest BCUT2D eigenvalue weighted by Crippen LogP contribution is 2.43. The second-order valence-corrected chi connectivity index (χ2v) is 16.2. The van der Waals surface area contributed by atoms with Crippen LogP contribution in [-0.2, 0) is 20.8 Å². The lowest BCUT2D eigenvalue weighted by molar-refractivity contribution is -0.128. The number of carbonyl (C=O) groups excluding carboxylic acids is 4. The van der Waals surface area contributed by atoms with Crippen molar-refractivity contribution in [3.63, 3.8) is 0 Å². The number of rotatable bonds is 12. The van der Waals surface area contributed by atoms with Crippen molar-refractivity contribution in [1.29, 1.82) is 0 Å². The molecule has 3 aromatic rings. The Hall–Kier alpha value is -5.16. The number of likely N-dealkylation sites (N-methyl/N-ethyl adjacent to an activating group) is 1. The molecule has 0 saturated carbocycles.